The maximum atomic E-state index is 12.1. The summed E-state index contributed by atoms with van der Waals surface area (Å²) in [6.45, 7) is 2.05. The maximum absolute atomic E-state index is 12.1. The van der Waals surface area contributed by atoms with Crippen molar-refractivity contribution >= 4 is 10.8 Å². The minimum Gasteiger partial charge on any atom is -0.259 e. The first-order chi connectivity index (χ1) is 8.15. The molecule has 0 aliphatic heterocycles. The molecule has 2 nitrogen and oxygen atoms in total. The van der Waals surface area contributed by atoms with Gasteiger partial charge in [0.2, 0.25) is 0 Å². The van der Waals surface area contributed by atoms with Gasteiger partial charge < -0.3 is 0 Å². The van der Waals surface area contributed by atoms with Gasteiger partial charge in [-0.25, -0.2) is 0 Å². The zero-order chi connectivity index (χ0) is 12.3. The van der Waals surface area contributed by atoms with E-state index in [1.807, 2.05) is 18.2 Å². The SMILES string of the molecule is Cc1ccccc1CS(=O)CC1(CC#N)CC1. The van der Waals surface area contributed by atoms with Crippen LogP contribution in [0.2, 0.25) is 0 Å². The van der Waals surface area contributed by atoms with Gasteiger partial charge >= 0.3 is 0 Å². The van der Waals surface area contributed by atoms with E-state index in [0.29, 0.717) is 17.9 Å². The van der Waals surface area contributed by atoms with Gasteiger partial charge in [-0.05, 0) is 36.3 Å². The van der Waals surface area contributed by atoms with Crippen molar-refractivity contribution in [3.63, 3.8) is 0 Å². The highest BCUT2D eigenvalue weighted by Crippen LogP contribution is 2.49. The van der Waals surface area contributed by atoms with Crippen LogP contribution in [0, 0.1) is 23.7 Å². The van der Waals surface area contributed by atoms with Gasteiger partial charge in [-0.2, -0.15) is 5.26 Å². The van der Waals surface area contributed by atoms with E-state index in [0.717, 1.165) is 12.8 Å². The Hall–Kier alpha value is -1.14. The standard InChI is InChI=1S/C14H17NOS/c1-12-4-2-3-5-13(12)10-17(16)11-14(6-7-14)8-9-15/h2-5H,6-8,10-11H2,1H3. The van der Waals surface area contributed by atoms with Crippen molar-refractivity contribution in [1.29, 1.82) is 5.26 Å². The van der Waals surface area contributed by atoms with Crippen LogP contribution in [0.5, 0.6) is 0 Å². The third kappa shape index (κ3) is 3.17. The highest BCUT2D eigenvalue weighted by Gasteiger charge is 2.43. The zero-order valence-electron chi connectivity index (χ0n) is 10.1. The van der Waals surface area contributed by atoms with Crippen molar-refractivity contribution < 1.29 is 4.21 Å². The van der Waals surface area contributed by atoms with Crippen molar-refractivity contribution in [2.45, 2.75) is 31.9 Å². The molecule has 1 aromatic carbocycles. The Morgan fingerprint density at radius 2 is 2.12 bits per heavy atom. The first kappa shape index (κ1) is 12.3. The summed E-state index contributed by atoms with van der Waals surface area (Å²) in [5.74, 6) is 1.31. The molecule has 1 aromatic rings. The second kappa shape index (κ2) is 5.01. The molecular formula is C14H17NOS. The molecule has 0 amide bonds. The van der Waals surface area contributed by atoms with Crippen LogP contribution >= 0.6 is 0 Å². The quantitative estimate of drug-likeness (QED) is 0.802. The van der Waals surface area contributed by atoms with E-state index in [4.69, 9.17) is 5.26 Å². The lowest BCUT2D eigenvalue weighted by Crippen LogP contribution is -2.13. The van der Waals surface area contributed by atoms with E-state index in [1.165, 1.54) is 11.1 Å². The van der Waals surface area contributed by atoms with E-state index in [1.54, 1.807) is 0 Å². The molecular weight excluding hydrogens is 230 g/mol. The van der Waals surface area contributed by atoms with Crippen molar-refractivity contribution in [3.8, 4) is 6.07 Å². The van der Waals surface area contributed by atoms with Gasteiger partial charge in [-0.3, -0.25) is 4.21 Å². The fourth-order valence-electron chi connectivity index (χ4n) is 2.05. The van der Waals surface area contributed by atoms with Crippen molar-refractivity contribution in [2.24, 2.45) is 5.41 Å². The van der Waals surface area contributed by atoms with Crippen LogP contribution in [-0.4, -0.2) is 9.96 Å². The number of rotatable bonds is 5. The molecule has 0 spiro atoms. The zero-order valence-corrected chi connectivity index (χ0v) is 10.9. The van der Waals surface area contributed by atoms with Crippen molar-refractivity contribution in [2.75, 3.05) is 5.75 Å². The first-order valence-corrected chi connectivity index (χ1v) is 7.40. The molecule has 1 aliphatic carbocycles. The van der Waals surface area contributed by atoms with Crippen molar-refractivity contribution in [3.05, 3.63) is 35.4 Å². The number of nitriles is 1. The van der Waals surface area contributed by atoms with Crippen LogP contribution in [-0.2, 0) is 16.6 Å². The molecule has 0 bridgehead atoms. The Labute approximate surface area is 105 Å². The molecule has 1 fully saturated rings. The number of hydrogen-bond donors (Lipinski definition) is 0. The Morgan fingerprint density at radius 3 is 2.71 bits per heavy atom. The van der Waals surface area contributed by atoms with E-state index in [-0.39, 0.29) is 5.41 Å². The van der Waals surface area contributed by atoms with Crippen LogP contribution in [0.3, 0.4) is 0 Å². The summed E-state index contributed by atoms with van der Waals surface area (Å²) >= 11 is 0. The lowest BCUT2D eigenvalue weighted by atomic mass is 10.1. The molecule has 0 radical (unpaired) electrons. The van der Waals surface area contributed by atoms with E-state index >= 15 is 0 Å². The molecule has 0 N–H and O–H groups in total. The normalized spacial score (nSPS) is 18.4. The van der Waals surface area contributed by atoms with Gasteiger partial charge in [0.25, 0.3) is 0 Å². The summed E-state index contributed by atoms with van der Waals surface area (Å²) in [6.07, 6.45) is 2.70. The van der Waals surface area contributed by atoms with Crippen LogP contribution in [0.25, 0.3) is 0 Å². The van der Waals surface area contributed by atoms with Crippen LogP contribution in [0.15, 0.2) is 24.3 Å². The topological polar surface area (TPSA) is 40.9 Å². The molecule has 0 heterocycles. The molecule has 1 atom stereocenters. The largest absolute Gasteiger partial charge is 0.259 e. The summed E-state index contributed by atoms with van der Waals surface area (Å²) < 4.78 is 12.1. The smallest absolute Gasteiger partial charge is 0.0627 e. The highest BCUT2D eigenvalue weighted by atomic mass is 32.2. The summed E-state index contributed by atoms with van der Waals surface area (Å²) in [5.41, 5.74) is 2.45. The predicted molar refractivity (Wildman–Crippen MR) is 69.8 cm³/mol. The summed E-state index contributed by atoms with van der Waals surface area (Å²) in [6, 6.07) is 10.3. The molecule has 0 aromatic heterocycles. The van der Waals surface area contributed by atoms with E-state index < -0.39 is 10.8 Å². The minimum absolute atomic E-state index is 0.0856. The lowest BCUT2D eigenvalue weighted by molar-refractivity contribution is 0.587. The number of hydrogen-bond acceptors (Lipinski definition) is 2. The van der Waals surface area contributed by atoms with Crippen LogP contribution in [0.4, 0.5) is 0 Å². The molecule has 2 rings (SSSR count). The van der Waals surface area contributed by atoms with Gasteiger partial charge in [-0.15, -0.1) is 0 Å². The van der Waals surface area contributed by atoms with Gasteiger partial charge in [-0.1, -0.05) is 24.3 Å². The van der Waals surface area contributed by atoms with Gasteiger partial charge in [0.1, 0.15) is 0 Å². The predicted octanol–water partition coefficient (Wildman–Crippen LogP) is 2.94. The summed E-state index contributed by atoms with van der Waals surface area (Å²) in [5, 5.41) is 8.74. The van der Waals surface area contributed by atoms with Gasteiger partial charge in [0, 0.05) is 28.7 Å². The fraction of sp³-hybridized carbons (Fsp3) is 0.500. The Morgan fingerprint density at radius 1 is 1.41 bits per heavy atom. The monoisotopic (exact) mass is 247 g/mol. The molecule has 17 heavy (non-hydrogen) atoms. The second-order valence-corrected chi connectivity index (χ2v) is 6.45. The summed E-state index contributed by atoms with van der Waals surface area (Å²) in [7, 11) is -0.841. The number of aryl methyl sites for hydroxylation is 1. The molecule has 1 aliphatic rings. The average Bonchev–Trinajstić information content (AvgIpc) is 3.02. The molecule has 3 heteroatoms. The average molecular weight is 247 g/mol. The van der Waals surface area contributed by atoms with E-state index in [9.17, 15) is 4.21 Å². The fourth-order valence-corrected chi connectivity index (χ4v) is 3.90. The van der Waals surface area contributed by atoms with Gasteiger partial charge in [0.05, 0.1) is 6.07 Å². The molecule has 1 unspecified atom stereocenters. The Balaban J connectivity index is 1.95. The van der Waals surface area contributed by atoms with Crippen LogP contribution in [0.1, 0.15) is 30.4 Å². The number of nitrogens with zero attached hydrogens (tertiary/aromatic N) is 1. The molecule has 1 saturated carbocycles. The minimum atomic E-state index is -0.841. The Bertz CT molecular complexity index is 471. The molecule has 90 valence electrons. The highest BCUT2D eigenvalue weighted by molar-refractivity contribution is 7.84. The number of benzene rings is 1. The molecule has 0 saturated heterocycles. The first-order valence-electron chi connectivity index (χ1n) is 5.92. The second-order valence-electron chi connectivity index (χ2n) is 4.99. The van der Waals surface area contributed by atoms with Crippen LogP contribution < -0.4 is 0 Å². The maximum Gasteiger partial charge on any atom is 0.0627 e. The Kier molecular flexibility index (Phi) is 3.63. The lowest BCUT2D eigenvalue weighted by Gasteiger charge is -2.11. The van der Waals surface area contributed by atoms with E-state index in [2.05, 4.69) is 19.1 Å². The third-order valence-electron chi connectivity index (χ3n) is 3.46. The van der Waals surface area contributed by atoms with Gasteiger partial charge in [0.15, 0.2) is 0 Å². The summed E-state index contributed by atoms with van der Waals surface area (Å²) in [4.78, 5) is 0. The van der Waals surface area contributed by atoms with Crippen molar-refractivity contribution in [1.82, 2.24) is 0 Å². The third-order valence-corrected chi connectivity index (χ3v) is 5.02.